The second kappa shape index (κ2) is 9.13. The molecule has 32 heavy (non-hydrogen) atoms. The number of imide groups is 1. The van der Waals surface area contributed by atoms with Gasteiger partial charge in [-0.2, -0.15) is 5.10 Å². The summed E-state index contributed by atoms with van der Waals surface area (Å²) in [5.41, 5.74) is 0.781. The Hall–Kier alpha value is -3.82. The number of fused-ring (bicyclic) bond motifs is 1. The number of nitrogens with one attached hydrogen (secondary N) is 2. The molecule has 10 heteroatoms. The molecule has 3 aromatic rings. The molecule has 1 saturated carbocycles. The summed E-state index contributed by atoms with van der Waals surface area (Å²) in [5, 5.41) is 9.34. The number of carbonyl (C=O) groups is 3. The number of urea groups is 1. The lowest BCUT2D eigenvalue weighted by atomic mass is 10.2. The summed E-state index contributed by atoms with van der Waals surface area (Å²) in [6, 6.07) is 6.51. The van der Waals surface area contributed by atoms with Gasteiger partial charge in [-0.15, -0.1) is 0 Å². The van der Waals surface area contributed by atoms with Gasteiger partial charge in [-0.3, -0.25) is 10.1 Å². The average Bonchev–Trinajstić information content (AvgIpc) is 3.44. The molecule has 1 aliphatic rings. The summed E-state index contributed by atoms with van der Waals surface area (Å²) >= 11 is 0. The minimum atomic E-state index is -1.26. The molecule has 0 spiro atoms. The third kappa shape index (κ3) is 4.58. The zero-order valence-electron chi connectivity index (χ0n) is 17.4. The van der Waals surface area contributed by atoms with Crippen LogP contribution in [0.4, 0.5) is 14.9 Å². The van der Waals surface area contributed by atoms with Crippen LogP contribution >= 0.6 is 0 Å². The second-order valence-corrected chi connectivity index (χ2v) is 7.64. The van der Waals surface area contributed by atoms with Crippen molar-refractivity contribution in [3.63, 3.8) is 0 Å². The van der Waals surface area contributed by atoms with Gasteiger partial charge in [0.25, 0.3) is 5.91 Å². The van der Waals surface area contributed by atoms with Crippen molar-refractivity contribution in [2.45, 2.75) is 44.8 Å². The predicted octanol–water partition coefficient (Wildman–Crippen LogP) is 3.58. The van der Waals surface area contributed by atoms with Crippen molar-refractivity contribution in [1.82, 2.24) is 20.1 Å². The maximum Gasteiger partial charge on any atom is 0.340 e. The fourth-order valence-corrected chi connectivity index (χ4v) is 3.68. The van der Waals surface area contributed by atoms with E-state index in [1.54, 1.807) is 12.3 Å². The van der Waals surface area contributed by atoms with Crippen molar-refractivity contribution < 1.29 is 23.5 Å². The van der Waals surface area contributed by atoms with Crippen molar-refractivity contribution in [2.75, 3.05) is 5.32 Å². The average molecular weight is 439 g/mol. The van der Waals surface area contributed by atoms with Crippen molar-refractivity contribution >= 4 is 34.6 Å². The number of carbonyl (C=O) groups excluding carboxylic acids is 3. The molecule has 1 atom stereocenters. The molecule has 1 aliphatic carbocycles. The number of nitrogens with zero attached hydrogens (tertiary/aromatic N) is 3. The van der Waals surface area contributed by atoms with Crippen LogP contribution in [-0.4, -0.2) is 38.8 Å². The topological polar surface area (TPSA) is 115 Å². The quantitative estimate of drug-likeness (QED) is 0.587. The fourth-order valence-electron chi connectivity index (χ4n) is 3.68. The highest BCUT2D eigenvalue weighted by Gasteiger charge is 2.23. The van der Waals surface area contributed by atoms with Gasteiger partial charge in [0, 0.05) is 11.6 Å². The van der Waals surface area contributed by atoms with Crippen molar-refractivity contribution in [3.8, 4) is 0 Å². The molecule has 4 rings (SSSR count). The molecule has 3 amide bonds. The van der Waals surface area contributed by atoms with Crippen LogP contribution in [0.5, 0.6) is 0 Å². The Kier molecular flexibility index (Phi) is 6.11. The van der Waals surface area contributed by atoms with Gasteiger partial charge in [0.1, 0.15) is 5.82 Å². The molecule has 0 saturated heterocycles. The molecule has 1 fully saturated rings. The minimum Gasteiger partial charge on any atom is -0.449 e. The fraction of sp³-hybridized carbons (Fsp3) is 0.318. The first-order valence-electron chi connectivity index (χ1n) is 10.3. The number of anilines is 1. The van der Waals surface area contributed by atoms with Gasteiger partial charge in [0.05, 0.1) is 23.5 Å². The van der Waals surface area contributed by atoms with Gasteiger partial charge in [-0.1, -0.05) is 25.0 Å². The van der Waals surface area contributed by atoms with E-state index in [9.17, 15) is 18.8 Å². The molecule has 166 valence electrons. The number of ether oxygens (including phenoxy) is 1. The zero-order chi connectivity index (χ0) is 22.7. The van der Waals surface area contributed by atoms with Gasteiger partial charge < -0.3 is 10.1 Å². The maximum absolute atomic E-state index is 13.6. The van der Waals surface area contributed by atoms with Crippen molar-refractivity contribution in [1.29, 1.82) is 0 Å². The van der Waals surface area contributed by atoms with Crippen molar-refractivity contribution in [2.24, 2.45) is 0 Å². The van der Waals surface area contributed by atoms with Gasteiger partial charge in [-0.25, -0.2) is 23.6 Å². The normalized spacial score (nSPS) is 14.8. The first-order chi connectivity index (χ1) is 15.4. The number of hydrogen-bond donors (Lipinski definition) is 2. The molecule has 0 bridgehead atoms. The lowest BCUT2D eigenvalue weighted by molar-refractivity contribution is -0.127. The highest BCUT2D eigenvalue weighted by Crippen LogP contribution is 2.31. The Morgan fingerprint density at radius 2 is 1.94 bits per heavy atom. The third-order valence-corrected chi connectivity index (χ3v) is 5.35. The van der Waals surface area contributed by atoms with E-state index < -0.39 is 29.8 Å². The van der Waals surface area contributed by atoms with E-state index in [1.165, 1.54) is 37.4 Å². The van der Waals surface area contributed by atoms with Gasteiger partial charge >= 0.3 is 12.0 Å². The molecule has 2 heterocycles. The predicted molar refractivity (Wildman–Crippen MR) is 113 cm³/mol. The highest BCUT2D eigenvalue weighted by atomic mass is 19.1. The van der Waals surface area contributed by atoms with Gasteiger partial charge in [0.15, 0.2) is 11.8 Å². The van der Waals surface area contributed by atoms with Crippen LogP contribution in [-0.2, 0) is 9.53 Å². The molecule has 9 nitrogen and oxygen atoms in total. The summed E-state index contributed by atoms with van der Waals surface area (Å²) in [6.07, 6.45) is 6.21. The van der Waals surface area contributed by atoms with Gasteiger partial charge in [-0.05, 0) is 38.0 Å². The van der Waals surface area contributed by atoms with Crippen LogP contribution < -0.4 is 10.6 Å². The first kappa shape index (κ1) is 21.4. The Labute approximate surface area is 183 Å². The van der Waals surface area contributed by atoms with Crippen LogP contribution in [0, 0.1) is 5.82 Å². The van der Waals surface area contributed by atoms with Crippen LogP contribution in [0.25, 0.3) is 11.0 Å². The molecular formula is C22H22FN5O4. The van der Waals surface area contributed by atoms with Crippen LogP contribution in [0.3, 0.4) is 0 Å². The van der Waals surface area contributed by atoms with E-state index in [2.05, 4.69) is 15.4 Å². The van der Waals surface area contributed by atoms with Crippen LogP contribution in [0.15, 0.2) is 42.7 Å². The lowest BCUT2D eigenvalue weighted by Gasteiger charge is -2.14. The summed E-state index contributed by atoms with van der Waals surface area (Å²) < 4.78 is 20.6. The van der Waals surface area contributed by atoms with E-state index in [-0.39, 0.29) is 11.3 Å². The SMILES string of the molecule is CC(OC(=O)c1cnc2c(cnn2C2CCCC2)c1)C(=O)NC(=O)Nc1ccccc1F. The minimum absolute atomic E-state index is 0.0834. The summed E-state index contributed by atoms with van der Waals surface area (Å²) in [5.74, 6) is -2.26. The van der Waals surface area contributed by atoms with Crippen LogP contribution in [0.1, 0.15) is 49.0 Å². The smallest absolute Gasteiger partial charge is 0.340 e. The number of amides is 3. The number of esters is 1. The Morgan fingerprint density at radius 1 is 1.19 bits per heavy atom. The number of para-hydroxylation sites is 1. The maximum atomic E-state index is 13.6. The van der Waals surface area contributed by atoms with Gasteiger partial charge in [0.2, 0.25) is 0 Å². The number of aromatic nitrogens is 3. The largest absolute Gasteiger partial charge is 0.449 e. The Balaban J connectivity index is 1.36. The number of hydrogen-bond acceptors (Lipinski definition) is 6. The van der Waals surface area contributed by atoms with Crippen molar-refractivity contribution in [3.05, 3.63) is 54.1 Å². The lowest BCUT2D eigenvalue weighted by Crippen LogP contribution is -2.41. The molecule has 0 radical (unpaired) electrons. The number of benzene rings is 1. The standard InChI is InChI=1S/C22H22FN5O4/c1-13(20(29)27-22(31)26-18-9-5-4-8-17(18)23)32-21(30)15-10-14-12-25-28(19(14)24-11-15)16-6-2-3-7-16/h4-5,8-13,16H,2-3,6-7H2,1H3,(H2,26,27,29,31). The summed E-state index contributed by atoms with van der Waals surface area (Å²) in [4.78, 5) is 40.9. The van der Waals surface area contributed by atoms with Crippen LogP contribution in [0.2, 0.25) is 0 Å². The Morgan fingerprint density at radius 3 is 2.69 bits per heavy atom. The number of halogens is 1. The third-order valence-electron chi connectivity index (χ3n) is 5.35. The second-order valence-electron chi connectivity index (χ2n) is 7.64. The molecule has 2 aromatic heterocycles. The first-order valence-corrected chi connectivity index (χ1v) is 10.3. The number of rotatable bonds is 5. The molecule has 1 aromatic carbocycles. The molecular weight excluding hydrogens is 417 g/mol. The zero-order valence-corrected chi connectivity index (χ0v) is 17.4. The number of pyridine rings is 1. The van der Waals surface area contributed by atoms with E-state index in [0.29, 0.717) is 17.1 Å². The Bertz CT molecular complexity index is 1170. The van der Waals surface area contributed by atoms with E-state index in [4.69, 9.17) is 4.74 Å². The molecule has 0 aliphatic heterocycles. The highest BCUT2D eigenvalue weighted by molar-refractivity contribution is 6.03. The summed E-state index contributed by atoms with van der Waals surface area (Å²) in [7, 11) is 0. The van der Waals surface area contributed by atoms with E-state index in [1.807, 2.05) is 10.00 Å². The summed E-state index contributed by atoms with van der Waals surface area (Å²) in [6.45, 7) is 1.33. The van der Waals surface area contributed by atoms with E-state index in [0.717, 1.165) is 25.7 Å². The molecule has 1 unspecified atom stereocenters. The molecule has 2 N–H and O–H groups in total. The van der Waals surface area contributed by atoms with E-state index >= 15 is 0 Å². The monoisotopic (exact) mass is 439 g/mol.